The molecule has 0 aromatic heterocycles. The average Bonchev–Trinajstić information content (AvgIpc) is 2.58. The Bertz CT molecular complexity index is 239. The van der Waals surface area contributed by atoms with Crippen LogP contribution in [0.2, 0.25) is 0 Å². The van der Waals surface area contributed by atoms with Crippen LogP contribution in [0.3, 0.4) is 0 Å². The van der Waals surface area contributed by atoms with Crippen molar-refractivity contribution in [1.82, 2.24) is 10.2 Å². The first-order valence-corrected chi connectivity index (χ1v) is 5.58. The van der Waals surface area contributed by atoms with Crippen LogP contribution in [0, 0.1) is 17.8 Å². The van der Waals surface area contributed by atoms with E-state index in [9.17, 15) is 4.79 Å². The van der Waals surface area contributed by atoms with E-state index in [-0.39, 0.29) is 5.92 Å². The zero-order chi connectivity index (χ0) is 10.3. The molecule has 0 aliphatic carbocycles. The summed E-state index contributed by atoms with van der Waals surface area (Å²) in [6.45, 7) is 6.33. The fraction of sp³-hybridized carbons (Fsp3) is 0.909. The van der Waals surface area contributed by atoms with Gasteiger partial charge in [0.2, 0.25) is 5.91 Å². The van der Waals surface area contributed by atoms with Crippen LogP contribution >= 0.6 is 0 Å². The lowest BCUT2D eigenvalue weighted by atomic mass is 9.80. The summed E-state index contributed by atoms with van der Waals surface area (Å²) in [4.78, 5) is 14.0. The molecule has 3 atom stereocenters. The number of rotatable bonds is 1. The maximum absolute atomic E-state index is 12.0. The summed E-state index contributed by atoms with van der Waals surface area (Å²) in [6.07, 6.45) is 1.18. The largest absolute Gasteiger partial charge is 0.342 e. The molecule has 0 spiro atoms. The van der Waals surface area contributed by atoms with Gasteiger partial charge < -0.3 is 10.2 Å². The number of carbonyl (C=O) groups excluding carboxylic acids is 1. The average molecular weight is 196 g/mol. The van der Waals surface area contributed by atoms with E-state index >= 15 is 0 Å². The van der Waals surface area contributed by atoms with Gasteiger partial charge in [-0.05, 0) is 24.8 Å². The number of nitrogens with one attached hydrogen (secondary N) is 1. The molecule has 2 aliphatic heterocycles. The van der Waals surface area contributed by atoms with Crippen molar-refractivity contribution < 1.29 is 4.79 Å². The highest BCUT2D eigenvalue weighted by molar-refractivity contribution is 5.80. The minimum Gasteiger partial charge on any atom is -0.342 e. The van der Waals surface area contributed by atoms with Crippen LogP contribution in [0.25, 0.3) is 0 Å². The van der Waals surface area contributed by atoms with E-state index in [1.807, 2.05) is 11.9 Å². The summed E-state index contributed by atoms with van der Waals surface area (Å²) in [5, 5.41) is 3.33. The van der Waals surface area contributed by atoms with Crippen molar-refractivity contribution in [2.75, 3.05) is 20.1 Å². The molecule has 0 aromatic carbocycles. The van der Waals surface area contributed by atoms with Gasteiger partial charge in [-0.3, -0.25) is 4.79 Å². The Hall–Kier alpha value is -0.570. The normalized spacial score (nSPS) is 37.9. The third-order valence-corrected chi connectivity index (χ3v) is 3.82. The van der Waals surface area contributed by atoms with E-state index in [1.165, 1.54) is 6.42 Å². The van der Waals surface area contributed by atoms with Gasteiger partial charge in [0.25, 0.3) is 0 Å². The molecule has 14 heavy (non-hydrogen) atoms. The molecule has 80 valence electrons. The number of carbonyl (C=O) groups is 1. The van der Waals surface area contributed by atoms with Crippen molar-refractivity contribution in [3.63, 3.8) is 0 Å². The Morgan fingerprint density at radius 1 is 1.43 bits per heavy atom. The second-order valence-electron chi connectivity index (χ2n) is 5.02. The molecule has 1 amide bonds. The van der Waals surface area contributed by atoms with Crippen molar-refractivity contribution in [3.05, 3.63) is 0 Å². The van der Waals surface area contributed by atoms with Gasteiger partial charge in [0.15, 0.2) is 0 Å². The number of amides is 1. The highest BCUT2D eigenvalue weighted by Gasteiger charge is 2.43. The first-order chi connectivity index (χ1) is 6.61. The number of hydrogen-bond acceptors (Lipinski definition) is 2. The smallest absolute Gasteiger partial charge is 0.227 e. The van der Waals surface area contributed by atoms with Gasteiger partial charge in [-0.1, -0.05) is 13.8 Å². The fourth-order valence-corrected chi connectivity index (χ4v) is 2.88. The number of fused-ring (bicyclic) bond motifs is 1. The van der Waals surface area contributed by atoms with Gasteiger partial charge in [-0.25, -0.2) is 0 Å². The molecule has 2 fully saturated rings. The topological polar surface area (TPSA) is 32.3 Å². The summed E-state index contributed by atoms with van der Waals surface area (Å²) in [6, 6.07) is 0.448. The summed E-state index contributed by atoms with van der Waals surface area (Å²) in [5.41, 5.74) is 0. The lowest BCUT2D eigenvalue weighted by molar-refractivity contribution is -0.142. The fourth-order valence-electron chi connectivity index (χ4n) is 2.88. The first-order valence-electron chi connectivity index (χ1n) is 5.58. The predicted octanol–water partition coefficient (Wildman–Crippen LogP) is 0.709. The SMILES string of the molecule is CC(C)C1CC2CNCC2C(=O)N1C. The minimum absolute atomic E-state index is 0.259. The van der Waals surface area contributed by atoms with Crippen LogP contribution in [0.4, 0.5) is 0 Å². The molecular weight excluding hydrogens is 176 g/mol. The minimum atomic E-state index is 0.259. The van der Waals surface area contributed by atoms with Crippen molar-refractivity contribution in [2.24, 2.45) is 17.8 Å². The zero-order valence-electron chi connectivity index (χ0n) is 9.29. The Labute approximate surface area is 85.8 Å². The Morgan fingerprint density at radius 3 is 2.79 bits per heavy atom. The second-order valence-corrected chi connectivity index (χ2v) is 5.02. The molecule has 0 radical (unpaired) electrons. The van der Waals surface area contributed by atoms with E-state index in [0.29, 0.717) is 23.8 Å². The molecule has 0 aromatic rings. The number of nitrogens with zero attached hydrogens (tertiary/aromatic N) is 1. The van der Waals surface area contributed by atoms with Crippen LogP contribution in [0.15, 0.2) is 0 Å². The standard InChI is InChI=1S/C11H20N2O/c1-7(2)10-4-8-5-12-6-9(8)11(14)13(10)3/h7-10,12H,4-6H2,1-3H3. The maximum atomic E-state index is 12.0. The third kappa shape index (κ3) is 1.44. The summed E-state index contributed by atoms with van der Waals surface area (Å²) in [7, 11) is 1.96. The van der Waals surface area contributed by atoms with Crippen LogP contribution in [0.5, 0.6) is 0 Å². The van der Waals surface area contributed by atoms with Crippen molar-refractivity contribution in [1.29, 1.82) is 0 Å². The van der Waals surface area contributed by atoms with Crippen LogP contribution in [0.1, 0.15) is 20.3 Å². The van der Waals surface area contributed by atoms with Crippen molar-refractivity contribution in [2.45, 2.75) is 26.3 Å². The molecule has 1 N–H and O–H groups in total. The molecule has 0 bridgehead atoms. The highest BCUT2D eigenvalue weighted by Crippen LogP contribution is 2.33. The molecule has 3 heteroatoms. The molecule has 2 aliphatic rings. The van der Waals surface area contributed by atoms with E-state index in [2.05, 4.69) is 19.2 Å². The number of likely N-dealkylation sites (tertiary alicyclic amines) is 1. The van der Waals surface area contributed by atoms with E-state index < -0.39 is 0 Å². The Balaban J connectivity index is 2.15. The zero-order valence-corrected chi connectivity index (χ0v) is 9.29. The molecule has 2 heterocycles. The van der Waals surface area contributed by atoms with Gasteiger partial charge in [0.1, 0.15) is 0 Å². The number of piperidine rings is 1. The Morgan fingerprint density at radius 2 is 2.14 bits per heavy atom. The van der Waals surface area contributed by atoms with Crippen LogP contribution < -0.4 is 5.32 Å². The Kier molecular flexibility index (Phi) is 2.52. The molecule has 2 rings (SSSR count). The van der Waals surface area contributed by atoms with Gasteiger partial charge in [-0.2, -0.15) is 0 Å². The summed E-state index contributed by atoms with van der Waals surface area (Å²) < 4.78 is 0. The third-order valence-electron chi connectivity index (χ3n) is 3.82. The van der Waals surface area contributed by atoms with Gasteiger partial charge >= 0.3 is 0 Å². The lowest BCUT2D eigenvalue weighted by Gasteiger charge is -2.40. The molecule has 3 nitrogen and oxygen atoms in total. The molecule has 2 saturated heterocycles. The predicted molar refractivity (Wildman–Crippen MR) is 55.9 cm³/mol. The van der Waals surface area contributed by atoms with E-state index in [0.717, 1.165) is 13.1 Å². The van der Waals surface area contributed by atoms with Crippen LogP contribution in [-0.4, -0.2) is 37.0 Å². The van der Waals surface area contributed by atoms with E-state index in [4.69, 9.17) is 0 Å². The van der Waals surface area contributed by atoms with Crippen molar-refractivity contribution >= 4 is 5.91 Å². The van der Waals surface area contributed by atoms with Gasteiger partial charge in [0, 0.05) is 19.6 Å². The van der Waals surface area contributed by atoms with Gasteiger partial charge in [-0.15, -0.1) is 0 Å². The molecule has 0 saturated carbocycles. The van der Waals surface area contributed by atoms with Crippen LogP contribution in [-0.2, 0) is 4.79 Å². The van der Waals surface area contributed by atoms with Gasteiger partial charge in [0.05, 0.1) is 5.92 Å². The second kappa shape index (κ2) is 3.54. The quantitative estimate of drug-likeness (QED) is 0.670. The van der Waals surface area contributed by atoms with Crippen molar-refractivity contribution in [3.8, 4) is 0 Å². The summed E-state index contributed by atoms with van der Waals surface area (Å²) >= 11 is 0. The number of hydrogen-bond donors (Lipinski definition) is 1. The molecule has 3 unspecified atom stereocenters. The first kappa shape index (κ1) is 9.97. The lowest BCUT2D eigenvalue weighted by Crippen LogP contribution is -2.51. The van der Waals surface area contributed by atoms with E-state index in [1.54, 1.807) is 0 Å². The molecular formula is C11H20N2O. The maximum Gasteiger partial charge on any atom is 0.227 e. The summed E-state index contributed by atoms with van der Waals surface area (Å²) in [5.74, 6) is 1.77. The highest BCUT2D eigenvalue weighted by atomic mass is 16.2. The monoisotopic (exact) mass is 196 g/mol.